The third-order valence-electron chi connectivity index (χ3n) is 4.30. The molecule has 1 aliphatic carbocycles. The molecule has 21 heavy (non-hydrogen) atoms. The maximum Gasteiger partial charge on any atom is 0.417 e. The summed E-state index contributed by atoms with van der Waals surface area (Å²) in [5.41, 5.74) is 5.57. The van der Waals surface area contributed by atoms with Crippen LogP contribution in [0.5, 0.6) is 0 Å². The largest absolute Gasteiger partial charge is 0.417 e. The molecular weight excluding hydrogens is 281 g/mol. The van der Waals surface area contributed by atoms with Crippen LogP contribution in [0.25, 0.3) is 5.65 Å². The third-order valence-corrected chi connectivity index (χ3v) is 4.30. The number of nitrogens with zero attached hydrogens (tertiary/aromatic N) is 3. The second-order valence-electron chi connectivity index (χ2n) is 5.59. The summed E-state index contributed by atoms with van der Waals surface area (Å²) in [6, 6.07) is 2.40. The zero-order valence-corrected chi connectivity index (χ0v) is 11.5. The second-order valence-corrected chi connectivity index (χ2v) is 5.59. The number of halogens is 3. The summed E-state index contributed by atoms with van der Waals surface area (Å²) in [6.07, 6.45) is 0.786. The lowest BCUT2D eigenvalue weighted by molar-refractivity contribution is -0.137. The van der Waals surface area contributed by atoms with Crippen LogP contribution in [-0.4, -0.2) is 21.1 Å². The van der Waals surface area contributed by atoms with Gasteiger partial charge in [-0.15, -0.1) is 10.2 Å². The summed E-state index contributed by atoms with van der Waals surface area (Å²) in [5, 5.41) is 8.12. The van der Waals surface area contributed by atoms with Gasteiger partial charge >= 0.3 is 6.18 Å². The Morgan fingerprint density at radius 2 is 1.95 bits per heavy atom. The van der Waals surface area contributed by atoms with E-state index in [0.717, 1.165) is 37.9 Å². The smallest absolute Gasteiger partial charge is 0.330 e. The summed E-state index contributed by atoms with van der Waals surface area (Å²) in [6.45, 7) is 0.526. The summed E-state index contributed by atoms with van der Waals surface area (Å²) >= 11 is 0. The van der Waals surface area contributed by atoms with E-state index < -0.39 is 11.7 Å². The molecule has 0 radical (unpaired) electrons. The fourth-order valence-electron chi connectivity index (χ4n) is 3.16. The van der Waals surface area contributed by atoms with Crippen LogP contribution < -0.4 is 5.73 Å². The van der Waals surface area contributed by atoms with Crippen LogP contribution in [0.1, 0.15) is 43.0 Å². The molecule has 0 amide bonds. The highest BCUT2D eigenvalue weighted by molar-refractivity contribution is 5.40. The molecule has 2 aromatic rings. The van der Waals surface area contributed by atoms with E-state index in [1.165, 1.54) is 10.5 Å². The molecule has 114 valence electrons. The highest BCUT2D eigenvalue weighted by atomic mass is 19.4. The summed E-state index contributed by atoms with van der Waals surface area (Å²) in [5.74, 6) is 0.953. The van der Waals surface area contributed by atoms with Crippen molar-refractivity contribution < 1.29 is 13.2 Å². The fraction of sp³-hybridized carbons (Fsp3) is 0.571. The van der Waals surface area contributed by atoms with Crippen molar-refractivity contribution in [3.8, 4) is 0 Å². The predicted molar refractivity (Wildman–Crippen MR) is 71.7 cm³/mol. The highest BCUT2D eigenvalue weighted by Gasteiger charge is 2.33. The van der Waals surface area contributed by atoms with E-state index in [2.05, 4.69) is 10.2 Å². The Hall–Kier alpha value is -1.63. The topological polar surface area (TPSA) is 56.2 Å². The third kappa shape index (κ3) is 2.62. The zero-order chi connectivity index (χ0) is 15.0. The van der Waals surface area contributed by atoms with Crippen LogP contribution >= 0.6 is 0 Å². The molecule has 3 rings (SSSR count). The maximum atomic E-state index is 12.9. The van der Waals surface area contributed by atoms with E-state index in [4.69, 9.17) is 5.73 Å². The van der Waals surface area contributed by atoms with E-state index in [1.54, 1.807) is 0 Å². The SMILES string of the molecule is NCC1CCCCC1c1nnc2ccc(C(F)(F)F)cn12. The Morgan fingerprint density at radius 3 is 2.67 bits per heavy atom. The van der Waals surface area contributed by atoms with Crippen molar-refractivity contribution in [2.24, 2.45) is 11.7 Å². The Morgan fingerprint density at radius 1 is 1.19 bits per heavy atom. The lowest BCUT2D eigenvalue weighted by Crippen LogP contribution is -2.26. The maximum absolute atomic E-state index is 12.9. The summed E-state index contributed by atoms with van der Waals surface area (Å²) < 4.78 is 40.1. The molecule has 0 aliphatic heterocycles. The van der Waals surface area contributed by atoms with Crippen LogP contribution in [-0.2, 0) is 6.18 Å². The Balaban J connectivity index is 2.05. The quantitative estimate of drug-likeness (QED) is 0.927. The van der Waals surface area contributed by atoms with Crippen LogP contribution in [0.2, 0.25) is 0 Å². The van der Waals surface area contributed by atoms with E-state index in [-0.39, 0.29) is 11.8 Å². The first-order valence-corrected chi connectivity index (χ1v) is 7.12. The van der Waals surface area contributed by atoms with Gasteiger partial charge in [0, 0.05) is 12.1 Å². The van der Waals surface area contributed by atoms with Gasteiger partial charge in [-0.2, -0.15) is 13.2 Å². The first-order chi connectivity index (χ1) is 10.0. The minimum absolute atomic E-state index is 0.0854. The Kier molecular flexibility index (Phi) is 3.61. The van der Waals surface area contributed by atoms with Crippen molar-refractivity contribution in [3.05, 3.63) is 29.7 Å². The number of aromatic nitrogens is 3. The van der Waals surface area contributed by atoms with Crippen molar-refractivity contribution in [3.63, 3.8) is 0 Å². The van der Waals surface area contributed by atoms with Gasteiger partial charge in [-0.05, 0) is 37.4 Å². The average molecular weight is 298 g/mol. The summed E-state index contributed by atoms with van der Waals surface area (Å²) in [7, 11) is 0. The number of rotatable bonds is 2. The van der Waals surface area contributed by atoms with Crippen LogP contribution in [0.3, 0.4) is 0 Å². The highest BCUT2D eigenvalue weighted by Crippen LogP contribution is 2.37. The van der Waals surface area contributed by atoms with Gasteiger partial charge in [0.2, 0.25) is 0 Å². The van der Waals surface area contributed by atoms with Gasteiger partial charge in [-0.3, -0.25) is 4.40 Å². The lowest BCUT2D eigenvalue weighted by Gasteiger charge is -2.29. The molecule has 1 saturated carbocycles. The van der Waals surface area contributed by atoms with Crippen molar-refractivity contribution in [2.75, 3.05) is 6.54 Å². The van der Waals surface area contributed by atoms with Crippen LogP contribution in [0.4, 0.5) is 13.2 Å². The van der Waals surface area contributed by atoms with Gasteiger partial charge in [-0.1, -0.05) is 12.8 Å². The van der Waals surface area contributed by atoms with Crippen molar-refractivity contribution in [1.82, 2.24) is 14.6 Å². The fourth-order valence-corrected chi connectivity index (χ4v) is 3.16. The Labute approximate surface area is 120 Å². The van der Waals surface area contributed by atoms with Crippen molar-refractivity contribution >= 4 is 5.65 Å². The molecule has 4 nitrogen and oxygen atoms in total. The minimum Gasteiger partial charge on any atom is -0.330 e. The number of nitrogens with two attached hydrogens (primary N) is 1. The molecule has 2 aromatic heterocycles. The molecule has 0 bridgehead atoms. The standard InChI is InChI=1S/C14H17F3N4/c15-14(16,17)10-5-6-12-19-20-13(21(12)8-10)11-4-2-1-3-9(11)7-18/h5-6,8-9,11H,1-4,7,18H2. The molecular formula is C14H17F3N4. The van der Waals surface area contributed by atoms with E-state index in [1.807, 2.05) is 0 Å². The predicted octanol–water partition coefficient (Wildman–Crippen LogP) is 2.98. The van der Waals surface area contributed by atoms with Crippen molar-refractivity contribution in [1.29, 1.82) is 0 Å². The first kappa shape index (κ1) is 14.3. The van der Waals surface area contributed by atoms with Gasteiger partial charge in [0.15, 0.2) is 5.65 Å². The number of fused-ring (bicyclic) bond motifs is 1. The van der Waals surface area contributed by atoms with Gasteiger partial charge in [0.05, 0.1) is 5.56 Å². The molecule has 1 fully saturated rings. The molecule has 1 aliphatic rings. The van der Waals surface area contributed by atoms with Crippen LogP contribution in [0, 0.1) is 5.92 Å². The zero-order valence-electron chi connectivity index (χ0n) is 11.5. The molecule has 0 spiro atoms. The normalized spacial score (nSPS) is 23.6. The molecule has 2 atom stereocenters. The first-order valence-electron chi connectivity index (χ1n) is 7.12. The van der Waals surface area contributed by atoms with Crippen LogP contribution in [0.15, 0.2) is 18.3 Å². The van der Waals surface area contributed by atoms with Gasteiger partial charge in [-0.25, -0.2) is 0 Å². The van der Waals surface area contributed by atoms with E-state index in [0.29, 0.717) is 18.0 Å². The lowest BCUT2D eigenvalue weighted by atomic mass is 9.79. The molecule has 0 aromatic carbocycles. The molecule has 2 N–H and O–H groups in total. The molecule has 2 heterocycles. The minimum atomic E-state index is -4.37. The molecule has 0 saturated heterocycles. The van der Waals surface area contributed by atoms with Gasteiger partial charge in [0.25, 0.3) is 0 Å². The molecule has 7 heteroatoms. The second kappa shape index (κ2) is 5.29. The van der Waals surface area contributed by atoms with E-state index >= 15 is 0 Å². The van der Waals surface area contributed by atoms with Crippen molar-refractivity contribution in [2.45, 2.75) is 37.8 Å². The number of pyridine rings is 1. The average Bonchev–Trinajstić information content (AvgIpc) is 2.89. The Bertz CT molecular complexity index is 635. The summed E-state index contributed by atoms with van der Waals surface area (Å²) in [4.78, 5) is 0. The molecule has 2 unspecified atom stereocenters. The number of alkyl halides is 3. The number of hydrogen-bond donors (Lipinski definition) is 1. The van der Waals surface area contributed by atoms with Gasteiger partial charge < -0.3 is 5.73 Å². The number of hydrogen-bond acceptors (Lipinski definition) is 3. The van der Waals surface area contributed by atoms with E-state index in [9.17, 15) is 13.2 Å². The monoisotopic (exact) mass is 298 g/mol. The van der Waals surface area contributed by atoms with Gasteiger partial charge in [0.1, 0.15) is 5.82 Å².